The highest BCUT2D eigenvalue weighted by atomic mass is 16.7. The lowest BCUT2D eigenvalue weighted by Gasteiger charge is -2.54. The molecule has 0 amide bonds. The number of ketones is 1. The average Bonchev–Trinajstić information content (AvgIpc) is 2.81. The van der Waals surface area contributed by atoms with E-state index in [0.717, 1.165) is 19.3 Å². The molecular weight excluding hydrogens is 254 g/mol. The minimum absolute atomic E-state index is 0.0216. The highest BCUT2D eigenvalue weighted by molar-refractivity contribution is 6.04. The fourth-order valence-electron chi connectivity index (χ4n) is 4.55. The Morgan fingerprint density at radius 1 is 1.30 bits per heavy atom. The number of hydrogen-bond acceptors (Lipinski definition) is 4. The maximum absolute atomic E-state index is 12.4. The van der Waals surface area contributed by atoms with E-state index in [1.54, 1.807) is 0 Å². The molecular formula is C16H21NO3. The summed E-state index contributed by atoms with van der Waals surface area (Å²) in [6, 6.07) is 2.08. The van der Waals surface area contributed by atoms with Crippen molar-refractivity contribution in [1.29, 1.82) is 5.26 Å². The first-order chi connectivity index (χ1) is 9.33. The number of carbonyl (C=O) groups is 1. The van der Waals surface area contributed by atoms with Gasteiger partial charge in [0.05, 0.1) is 18.8 Å². The van der Waals surface area contributed by atoms with Gasteiger partial charge in [-0.2, -0.15) is 5.26 Å². The summed E-state index contributed by atoms with van der Waals surface area (Å²) in [6.07, 6.45) is 4.33. The lowest BCUT2D eigenvalue weighted by molar-refractivity contribution is -0.213. The summed E-state index contributed by atoms with van der Waals surface area (Å²) in [5.74, 6) is -0.289. The van der Waals surface area contributed by atoms with Crippen molar-refractivity contribution in [2.75, 3.05) is 13.2 Å². The Bertz CT molecular complexity index is 522. The van der Waals surface area contributed by atoms with Crippen molar-refractivity contribution in [2.45, 2.75) is 45.8 Å². The van der Waals surface area contributed by atoms with Gasteiger partial charge in [0.2, 0.25) is 0 Å². The number of fused-ring (bicyclic) bond motifs is 1. The summed E-state index contributed by atoms with van der Waals surface area (Å²) in [7, 11) is 0. The molecule has 0 bridgehead atoms. The third-order valence-electron chi connectivity index (χ3n) is 5.37. The molecule has 2 fully saturated rings. The smallest absolute Gasteiger partial charge is 0.178 e. The zero-order valence-electron chi connectivity index (χ0n) is 12.4. The van der Waals surface area contributed by atoms with E-state index >= 15 is 0 Å². The molecule has 0 aromatic heterocycles. The van der Waals surface area contributed by atoms with Crippen LogP contribution in [-0.2, 0) is 14.3 Å². The van der Waals surface area contributed by atoms with Crippen LogP contribution in [0.15, 0.2) is 11.6 Å². The normalized spacial score (nSPS) is 38.2. The van der Waals surface area contributed by atoms with Crippen LogP contribution < -0.4 is 0 Å². The van der Waals surface area contributed by atoms with Crippen LogP contribution in [0.2, 0.25) is 0 Å². The molecule has 1 saturated carbocycles. The van der Waals surface area contributed by atoms with E-state index in [4.69, 9.17) is 9.47 Å². The number of rotatable bonds is 0. The highest BCUT2D eigenvalue weighted by Crippen LogP contribution is 2.58. The van der Waals surface area contributed by atoms with E-state index in [-0.39, 0.29) is 17.1 Å². The van der Waals surface area contributed by atoms with E-state index in [9.17, 15) is 10.1 Å². The molecule has 20 heavy (non-hydrogen) atoms. The maximum Gasteiger partial charge on any atom is 0.178 e. The molecule has 1 heterocycles. The van der Waals surface area contributed by atoms with Gasteiger partial charge in [0.15, 0.2) is 11.6 Å². The summed E-state index contributed by atoms with van der Waals surface area (Å²) in [5, 5.41) is 9.25. The largest absolute Gasteiger partial charge is 0.348 e. The van der Waals surface area contributed by atoms with Crippen LogP contribution in [0.25, 0.3) is 0 Å². The van der Waals surface area contributed by atoms with Crippen molar-refractivity contribution in [2.24, 2.45) is 16.7 Å². The lowest BCUT2D eigenvalue weighted by atomic mass is 9.51. The molecule has 4 nitrogen and oxygen atoms in total. The second kappa shape index (κ2) is 4.16. The molecule has 4 heteroatoms. The van der Waals surface area contributed by atoms with E-state index in [1.807, 2.05) is 19.9 Å². The highest BCUT2D eigenvalue weighted by Gasteiger charge is 2.58. The molecule has 0 radical (unpaired) electrons. The van der Waals surface area contributed by atoms with Crippen LogP contribution in [0.3, 0.4) is 0 Å². The van der Waals surface area contributed by atoms with Crippen LogP contribution in [-0.4, -0.2) is 24.8 Å². The second-order valence-corrected chi connectivity index (χ2v) is 7.10. The van der Waals surface area contributed by atoms with Gasteiger partial charge in [0.25, 0.3) is 0 Å². The van der Waals surface area contributed by atoms with Gasteiger partial charge in [-0.3, -0.25) is 4.79 Å². The van der Waals surface area contributed by atoms with Gasteiger partial charge in [-0.15, -0.1) is 0 Å². The third kappa shape index (κ3) is 1.77. The first-order valence-corrected chi connectivity index (χ1v) is 7.29. The van der Waals surface area contributed by atoms with Gasteiger partial charge < -0.3 is 9.47 Å². The zero-order chi connectivity index (χ0) is 14.6. The Labute approximate surface area is 119 Å². The van der Waals surface area contributed by atoms with Gasteiger partial charge in [0, 0.05) is 18.3 Å². The summed E-state index contributed by atoms with van der Waals surface area (Å²) < 4.78 is 11.7. The van der Waals surface area contributed by atoms with Crippen molar-refractivity contribution >= 4 is 5.78 Å². The fraction of sp³-hybridized carbons (Fsp3) is 0.750. The molecule has 1 spiro atoms. The summed E-state index contributed by atoms with van der Waals surface area (Å²) >= 11 is 0. The second-order valence-electron chi connectivity index (χ2n) is 7.10. The fourth-order valence-corrected chi connectivity index (χ4v) is 4.55. The minimum Gasteiger partial charge on any atom is -0.348 e. The minimum atomic E-state index is -0.501. The molecule has 0 aromatic carbocycles. The average molecular weight is 275 g/mol. The molecule has 0 unspecified atom stereocenters. The monoisotopic (exact) mass is 275 g/mol. The van der Waals surface area contributed by atoms with E-state index in [0.29, 0.717) is 18.8 Å². The molecule has 2 aliphatic carbocycles. The molecule has 3 rings (SSSR count). The van der Waals surface area contributed by atoms with Crippen molar-refractivity contribution in [1.82, 2.24) is 0 Å². The molecule has 1 aliphatic heterocycles. The van der Waals surface area contributed by atoms with E-state index < -0.39 is 11.2 Å². The Morgan fingerprint density at radius 2 is 1.95 bits per heavy atom. The summed E-state index contributed by atoms with van der Waals surface area (Å²) in [5.41, 5.74) is -0.413. The SMILES string of the molecule is CC1(C)C(=O)C(C#N)=C[C@]2(C)CC3(CC[C@@H]12)OCCO3. The quantitative estimate of drug-likeness (QED) is 0.682. The number of carbonyl (C=O) groups excluding carboxylic acids is 1. The van der Waals surface area contributed by atoms with Gasteiger partial charge >= 0.3 is 0 Å². The predicted molar refractivity (Wildman–Crippen MR) is 72.6 cm³/mol. The Hall–Kier alpha value is -1.18. The number of ether oxygens (including phenoxy) is 2. The van der Waals surface area contributed by atoms with Gasteiger partial charge in [-0.25, -0.2) is 0 Å². The number of nitriles is 1. The molecule has 2 atom stereocenters. The van der Waals surface area contributed by atoms with Crippen molar-refractivity contribution in [3.63, 3.8) is 0 Å². The molecule has 1 saturated heterocycles. The van der Waals surface area contributed by atoms with Crippen LogP contribution >= 0.6 is 0 Å². The number of hydrogen-bond donors (Lipinski definition) is 0. The van der Waals surface area contributed by atoms with Gasteiger partial charge in [0.1, 0.15) is 6.07 Å². The van der Waals surface area contributed by atoms with Crippen LogP contribution in [0, 0.1) is 28.1 Å². The topological polar surface area (TPSA) is 59.3 Å². The maximum atomic E-state index is 12.4. The van der Waals surface area contributed by atoms with Gasteiger partial charge in [-0.05, 0) is 17.8 Å². The standard InChI is InChI=1S/C16H21NO3/c1-14(2)12-4-5-16(19-6-7-20-16)10-15(12,3)8-11(9-17)13(14)18/h8,12H,4-7,10H2,1-3H3/t12-,15+/m0/s1. The molecule has 108 valence electrons. The molecule has 0 aromatic rings. The summed E-state index contributed by atoms with van der Waals surface area (Å²) in [4.78, 5) is 12.4. The Kier molecular flexibility index (Phi) is 2.87. The lowest BCUT2D eigenvalue weighted by Crippen LogP contribution is -2.54. The number of nitrogens with zero attached hydrogens (tertiary/aromatic N) is 1. The van der Waals surface area contributed by atoms with E-state index in [2.05, 4.69) is 13.0 Å². The molecule has 0 N–H and O–H groups in total. The molecule has 3 aliphatic rings. The van der Waals surface area contributed by atoms with Crippen molar-refractivity contribution in [3.8, 4) is 6.07 Å². The first-order valence-electron chi connectivity index (χ1n) is 7.29. The first kappa shape index (κ1) is 13.8. The predicted octanol–water partition coefficient (Wildman–Crippen LogP) is 2.59. The third-order valence-corrected chi connectivity index (χ3v) is 5.37. The van der Waals surface area contributed by atoms with Crippen LogP contribution in [0.1, 0.15) is 40.0 Å². The van der Waals surface area contributed by atoms with Crippen molar-refractivity contribution < 1.29 is 14.3 Å². The number of Topliss-reactive ketones (excluding diaryl/α,β-unsaturated/α-hetero) is 1. The summed E-state index contributed by atoms with van der Waals surface area (Å²) in [6.45, 7) is 7.35. The Balaban J connectivity index is 2.03. The van der Waals surface area contributed by atoms with Crippen molar-refractivity contribution in [3.05, 3.63) is 11.6 Å². The Morgan fingerprint density at radius 3 is 2.55 bits per heavy atom. The van der Waals surface area contributed by atoms with Gasteiger partial charge in [-0.1, -0.05) is 26.8 Å². The van der Waals surface area contributed by atoms with Crippen LogP contribution in [0.4, 0.5) is 0 Å². The number of allylic oxidation sites excluding steroid dienone is 2. The zero-order valence-corrected chi connectivity index (χ0v) is 12.4. The van der Waals surface area contributed by atoms with E-state index in [1.165, 1.54) is 0 Å². The van der Waals surface area contributed by atoms with Crippen LogP contribution in [0.5, 0.6) is 0 Å².